The Morgan fingerprint density at radius 3 is 0.721 bits per heavy atom. The zero-order chi connectivity index (χ0) is 57.2. The van der Waals surface area contributed by atoms with Crippen molar-refractivity contribution in [3.05, 3.63) is 317 Å². The summed E-state index contributed by atoms with van der Waals surface area (Å²) in [5.74, 6) is 0. The van der Waals surface area contributed by atoms with Crippen LogP contribution in [0.2, 0.25) is 0 Å². The fraction of sp³-hybridized carbons (Fsp3) is 0. The summed E-state index contributed by atoms with van der Waals surface area (Å²) in [6.45, 7) is 0. The smallest absolute Gasteiger partial charge is 0.145 e. The minimum absolute atomic E-state index is 1.03. The largest absolute Gasteiger partial charge is 0.307 e. The van der Waals surface area contributed by atoms with Crippen LogP contribution in [-0.4, -0.2) is 56.3 Å². The zero-order valence-electron chi connectivity index (χ0n) is 46.4. The van der Waals surface area contributed by atoms with Crippen molar-refractivity contribution in [2.75, 3.05) is 0 Å². The summed E-state index contributed by atoms with van der Waals surface area (Å²) in [7, 11) is 0. The molecule has 408 valence electrons. The third kappa shape index (κ3) is 9.64. The van der Waals surface area contributed by atoms with Crippen LogP contribution in [0.1, 0.15) is 0 Å². The highest BCUT2D eigenvalue weighted by atomic mass is 15.0. The molecule has 8 aromatic carbocycles. The Labute approximate surface area is 491 Å². The van der Waals surface area contributed by atoms with Gasteiger partial charge in [0.2, 0.25) is 0 Å². The summed E-state index contributed by atoms with van der Waals surface area (Å²) in [6, 6.07) is 79.0. The van der Waals surface area contributed by atoms with Gasteiger partial charge in [-0.15, -0.1) is 0 Å². The van der Waals surface area contributed by atoms with Crippen LogP contribution in [0.15, 0.2) is 317 Å². The highest BCUT2D eigenvalue weighted by Crippen LogP contribution is 2.27. The first-order valence-corrected chi connectivity index (χ1v) is 28.4. The van der Waals surface area contributed by atoms with E-state index in [9.17, 15) is 0 Å². The van der Waals surface area contributed by atoms with Crippen LogP contribution < -0.4 is 0 Å². The second kappa shape index (κ2) is 22.4. The third-order valence-electron chi connectivity index (χ3n) is 15.5. The van der Waals surface area contributed by atoms with Crippen LogP contribution in [0.4, 0.5) is 0 Å². The van der Waals surface area contributed by atoms with Crippen molar-refractivity contribution in [1.82, 2.24) is 56.3 Å². The Morgan fingerprint density at radius 1 is 0.198 bits per heavy atom. The van der Waals surface area contributed by atoms with Gasteiger partial charge in [0.05, 0.1) is 22.1 Å². The summed E-state index contributed by atoms with van der Waals surface area (Å²) >= 11 is 0. The highest BCUT2D eigenvalue weighted by molar-refractivity contribution is 6.00. The van der Waals surface area contributed by atoms with Gasteiger partial charge in [0, 0.05) is 119 Å². The van der Waals surface area contributed by atoms with Crippen molar-refractivity contribution in [2.24, 2.45) is 0 Å². The summed E-state index contributed by atoms with van der Waals surface area (Å²) in [6.07, 6.45) is 27.4. The molecule has 0 saturated heterocycles. The molecule has 12 nitrogen and oxygen atoms in total. The molecular weight excluding hydrogens is 1060 g/mol. The van der Waals surface area contributed by atoms with Crippen molar-refractivity contribution in [3.63, 3.8) is 0 Å². The number of hydrogen-bond donors (Lipinski definition) is 0. The minimum Gasteiger partial charge on any atom is -0.307 e. The number of para-hydroxylation sites is 4. The first-order chi connectivity index (χ1) is 42.7. The van der Waals surface area contributed by atoms with Crippen molar-refractivity contribution in [3.8, 4) is 0 Å². The number of pyridine rings is 6. The maximum atomic E-state index is 4.71. The predicted octanol–water partition coefficient (Wildman–Crippen LogP) is 17.2. The summed E-state index contributed by atoms with van der Waals surface area (Å²) in [5, 5.41) is 14.6. The van der Waals surface area contributed by atoms with Gasteiger partial charge in [-0.2, -0.15) is 0 Å². The molecule has 0 amide bonds. The van der Waals surface area contributed by atoms with Crippen LogP contribution >= 0.6 is 0 Å². The van der Waals surface area contributed by atoms with Gasteiger partial charge in [0.1, 0.15) is 33.9 Å². The standard InChI is InChI=1S/2C15H10N2.4C11H8N2/c2*1-2-6-12-11(5-1)9-10-17-14-8-4-3-7-13(14)16-15(12)17;4*1-2-4-10-9(3-1)5-7-13-8-6-12-11(10)13/h2*1-10H;4*1-8H. The molecule has 0 aliphatic heterocycles. The summed E-state index contributed by atoms with van der Waals surface area (Å²) in [4.78, 5) is 26.7. The maximum absolute atomic E-state index is 4.71. The van der Waals surface area contributed by atoms with Crippen molar-refractivity contribution < 1.29 is 0 Å². The molecule has 0 bridgehead atoms. The average Bonchev–Trinajstić information content (AvgIpc) is 2.44. The molecule has 0 N–H and O–H groups in total. The third-order valence-corrected chi connectivity index (χ3v) is 15.5. The number of aromatic nitrogens is 12. The number of imidazole rings is 6. The second-order valence-electron chi connectivity index (χ2n) is 20.6. The van der Waals surface area contributed by atoms with E-state index in [0.717, 1.165) is 55.9 Å². The molecule has 0 aliphatic rings. The van der Waals surface area contributed by atoms with Crippen molar-refractivity contribution in [1.29, 1.82) is 0 Å². The number of benzene rings is 8. The van der Waals surface area contributed by atoms with Gasteiger partial charge < -0.3 is 17.6 Å². The molecule has 12 heteroatoms. The molecule has 12 aromatic heterocycles. The monoisotopic (exact) mass is 1110 g/mol. The van der Waals surface area contributed by atoms with Crippen LogP contribution in [0, 0.1) is 0 Å². The molecule has 0 saturated carbocycles. The van der Waals surface area contributed by atoms with E-state index >= 15 is 0 Å². The second-order valence-corrected chi connectivity index (χ2v) is 20.6. The Kier molecular flexibility index (Phi) is 13.2. The number of rotatable bonds is 0. The Morgan fingerprint density at radius 2 is 0.430 bits per heavy atom. The molecule has 12 heterocycles. The summed E-state index contributed by atoms with van der Waals surface area (Å²) in [5.41, 5.74) is 10.6. The van der Waals surface area contributed by atoms with E-state index in [1.54, 1.807) is 0 Å². The first-order valence-electron chi connectivity index (χ1n) is 28.4. The first kappa shape index (κ1) is 50.9. The van der Waals surface area contributed by atoms with E-state index in [1.807, 2.05) is 165 Å². The van der Waals surface area contributed by atoms with Crippen molar-refractivity contribution >= 4 is 121 Å². The van der Waals surface area contributed by atoms with E-state index in [2.05, 4.69) is 199 Å². The van der Waals surface area contributed by atoms with Crippen molar-refractivity contribution in [2.45, 2.75) is 0 Å². The predicted molar refractivity (Wildman–Crippen MR) is 351 cm³/mol. The average molecular weight is 1110 g/mol. The lowest BCUT2D eigenvalue weighted by Gasteiger charge is -2.00. The lowest BCUT2D eigenvalue weighted by Crippen LogP contribution is -1.84. The number of nitrogens with zero attached hydrogens (tertiary/aromatic N) is 12. The maximum Gasteiger partial charge on any atom is 0.145 e. The molecule has 0 unspecified atom stereocenters. The van der Waals surface area contributed by atoms with Gasteiger partial charge in [0.25, 0.3) is 0 Å². The quantitative estimate of drug-likeness (QED) is 0.150. The van der Waals surface area contributed by atoms with E-state index < -0.39 is 0 Å². The van der Waals surface area contributed by atoms with Gasteiger partial charge in [-0.3, -0.25) is 8.80 Å². The molecule has 0 fully saturated rings. The molecular formula is C74H52N12. The fourth-order valence-corrected chi connectivity index (χ4v) is 11.4. The Balaban J connectivity index is 0.0000000876. The van der Waals surface area contributed by atoms with E-state index in [-0.39, 0.29) is 0 Å². The molecule has 86 heavy (non-hydrogen) atoms. The minimum atomic E-state index is 1.03. The van der Waals surface area contributed by atoms with Gasteiger partial charge in [-0.1, -0.05) is 170 Å². The van der Waals surface area contributed by atoms with Gasteiger partial charge in [-0.25, -0.2) is 29.9 Å². The summed E-state index contributed by atoms with van der Waals surface area (Å²) < 4.78 is 12.4. The van der Waals surface area contributed by atoms with E-state index in [4.69, 9.17) is 9.97 Å². The molecule has 0 aliphatic carbocycles. The Bertz CT molecular complexity index is 5220. The molecule has 0 atom stereocenters. The number of hydrogen-bond acceptors (Lipinski definition) is 6. The lowest BCUT2D eigenvalue weighted by molar-refractivity contribution is 1.20. The zero-order valence-corrected chi connectivity index (χ0v) is 46.4. The molecule has 0 radical (unpaired) electrons. The SMILES string of the molecule is c1ccc2c(c1)ccn1c3ccccc3nc21.c1ccc2c(c1)ccn1c3ccccc3nc21.c1ccc2c(c1)ccn1ccnc21.c1ccc2c(c1)ccn1ccnc21.c1ccc2c(c1)ccn1ccnc21.c1ccc2c(c1)ccn1ccnc21. The van der Waals surface area contributed by atoms with Gasteiger partial charge in [-0.05, 0) is 93.0 Å². The van der Waals surface area contributed by atoms with Crippen LogP contribution in [0.25, 0.3) is 121 Å². The van der Waals surface area contributed by atoms with Crippen LogP contribution in [0.5, 0.6) is 0 Å². The van der Waals surface area contributed by atoms with Gasteiger partial charge in [0.15, 0.2) is 0 Å². The van der Waals surface area contributed by atoms with E-state index in [1.165, 1.54) is 64.6 Å². The van der Waals surface area contributed by atoms with Crippen LogP contribution in [0.3, 0.4) is 0 Å². The normalized spacial score (nSPS) is 11.3. The topological polar surface area (TPSA) is 104 Å². The number of fused-ring (bicyclic) bond motifs is 22. The van der Waals surface area contributed by atoms with E-state index in [0.29, 0.717) is 0 Å². The fourth-order valence-electron chi connectivity index (χ4n) is 11.4. The Hall–Kier alpha value is -12.0. The molecule has 20 rings (SSSR count). The van der Waals surface area contributed by atoms with Gasteiger partial charge >= 0.3 is 0 Å². The lowest BCUT2D eigenvalue weighted by atomic mass is 10.2. The molecule has 0 spiro atoms. The van der Waals surface area contributed by atoms with Crippen LogP contribution in [-0.2, 0) is 0 Å². The molecule has 20 aromatic rings. The highest BCUT2D eigenvalue weighted by Gasteiger charge is 2.09.